The van der Waals surface area contributed by atoms with Crippen LogP contribution in [-0.4, -0.2) is 41.6 Å². The largest absolute Gasteiger partial charge is 0.493 e. The van der Waals surface area contributed by atoms with Crippen molar-refractivity contribution in [3.05, 3.63) is 35.8 Å². The summed E-state index contributed by atoms with van der Waals surface area (Å²) < 4.78 is 18.6. The summed E-state index contributed by atoms with van der Waals surface area (Å²) in [5, 5.41) is 6.27. The number of likely N-dealkylation sites (N-methyl/N-ethyl adjacent to an activating group) is 1. The van der Waals surface area contributed by atoms with Crippen molar-refractivity contribution in [3.8, 4) is 5.75 Å². The Labute approximate surface area is 163 Å². The van der Waals surface area contributed by atoms with Crippen LogP contribution >= 0.6 is 0 Å². The molecule has 1 aromatic carbocycles. The van der Waals surface area contributed by atoms with Crippen molar-refractivity contribution in [2.75, 3.05) is 29.2 Å². The fourth-order valence-electron chi connectivity index (χ4n) is 3.53. The second-order valence-corrected chi connectivity index (χ2v) is 7.55. The van der Waals surface area contributed by atoms with Crippen LogP contribution in [0.15, 0.2) is 24.3 Å². The van der Waals surface area contributed by atoms with Crippen molar-refractivity contribution in [1.29, 1.82) is 0 Å². The van der Waals surface area contributed by atoms with Crippen LogP contribution in [0.2, 0.25) is 0 Å². The molecule has 1 fully saturated rings. The molecule has 2 heterocycles. The Morgan fingerprint density at radius 1 is 1.29 bits per heavy atom. The highest BCUT2D eigenvalue weighted by atomic mass is 19.1. The van der Waals surface area contributed by atoms with E-state index in [1.807, 2.05) is 25.8 Å². The smallest absolute Gasteiger partial charge is 0.246 e. The summed E-state index contributed by atoms with van der Waals surface area (Å²) in [5.74, 6) is 2.13. The van der Waals surface area contributed by atoms with Gasteiger partial charge in [-0.2, -0.15) is 4.98 Å². The average Bonchev–Trinajstić information content (AvgIpc) is 2.64. The Morgan fingerprint density at radius 2 is 2.00 bits per heavy atom. The fraction of sp³-hybridized carbons (Fsp3) is 0.450. The van der Waals surface area contributed by atoms with Crippen LogP contribution in [0, 0.1) is 18.7 Å². The molecule has 1 aliphatic heterocycles. The highest BCUT2D eigenvalue weighted by molar-refractivity contribution is 6.03. The van der Waals surface area contributed by atoms with E-state index in [-0.39, 0.29) is 17.8 Å². The van der Waals surface area contributed by atoms with Crippen LogP contribution in [0.5, 0.6) is 5.75 Å². The second kappa shape index (κ2) is 7.26. The van der Waals surface area contributed by atoms with Crippen molar-refractivity contribution in [2.45, 2.75) is 38.8 Å². The van der Waals surface area contributed by atoms with Crippen LogP contribution in [-0.2, 0) is 4.79 Å². The number of hydrogen-bond acceptors (Lipinski definition) is 6. The molecule has 8 heteroatoms. The molecule has 1 aliphatic carbocycles. The van der Waals surface area contributed by atoms with Gasteiger partial charge in [-0.25, -0.2) is 9.37 Å². The number of carbonyl (C=O) groups excluding carboxylic acids is 1. The lowest BCUT2D eigenvalue weighted by molar-refractivity contribution is -0.117. The predicted octanol–water partition coefficient (Wildman–Crippen LogP) is 2.97. The van der Waals surface area contributed by atoms with Crippen molar-refractivity contribution in [3.63, 3.8) is 0 Å². The van der Waals surface area contributed by atoms with Gasteiger partial charge in [0.25, 0.3) is 0 Å². The molecule has 2 aromatic rings. The molecular formula is C20H24FN5O2. The van der Waals surface area contributed by atoms with Crippen molar-refractivity contribution in [2.24, 2.45) is 5.92 Å². The summed E-state index contributed by atoms with van der Waals surface area (Å²) >= 11 is 0. The molecule has 0 unspecified atom stereocenters. The van der Waals surface area contributed by atoms with E-state index in [1.54, 1.807) is 12.1 Å². The Hall–Kier alpha value is -2.90. The van der Waals surface area contributed by atoms with E-state index in [0.29, 0.717) is 36.0 Å². The molecule has 1 saturated carbocycles. The Morgan fingerprint density at radius 3 is 2.71 bits per heavy atom. The molecule has 2 N–H and O–H groups in total. The molecule has 0 spiro atoms. The number of aromatic nitrogens is 2. The van der Waals surface area contributed by atoms with Gasteiger partial charge in [0.2, 0.25) is 11.9 Å². The van der Waals surface area contributed by atoms with Crippen LogP contribution < -0.4 is 20.3 Å². The minimum atomic E-state index is -0.272. The normalized spacial score (nSPS) is 23.5. The number of nitrogens with zero attached hydrogens (tertiary/aromatic N) is 3. The number of rotatable bonds is 5. The van der Waals surface area contributed by atoms with Gasteiger partial charge in [0.05, 0.1) is 12.3 Å². The number of aryl methyl sites for hydroxylation is 1. The molecule has 4 rings (SSSR count). The summed E-state index contributed by atoms with van der Waals surface area (Å²) in [6.07, 6.45) is 1.92. The van der Waals surface area contributed by atoms with E-state index in [1.165, 1.54) is 12.1 Å². The summed E-state index contributed by atoms with van der Waals surface area (Å²) in [6, 6.07) is 6.10. The number of amides is 1. The van der Waals surface area contributed by atoms with Crippen LogP contribution in [0.25, 0.3) is 0 Å². The molecule has 1 atom stereocenters. The minimum absolute atomic E-state index is 0.0506. The standard InChI is InChI=1S/C20H24FN5O2/c1-11-17-18(26(3)12(2)19(27)24-17)25-20(22-11)23-15-8-13(9-15)10-28-16-6-4-14(21)5-7-16/h4-7,12-13,15H,8-10H2,1-3H3,(H,24,27)(H,22,23,25)/t12-,13-,15+/m0/s1. The first-order valence-corrected chi connectivity index (χ1v) is 9.48. The maximum absolute atomic E-state index is 12.9. The summed E-state index contributed by atoms with van der Waals surface area (Å²) in [6.45, 7) is 4.33. The number of ether oxygens (including phenoxy) is 1. The Kier molecular flexibility index (Phi) is 4.78. The summed E-state index contributed by atoms with van der Waals surface area (Å²) in [5.41, 5.74) is 1.42. The lowest BCUT2D eigenvalue weighted by Gasteiger charge is -2.36. The van der Waals surface area contributed by atoms with Crippen molar-refractivity contribution >= 4 is 23.4 Å². The molecule has 1 amide bonds. The minimum Gasteiger partial charge on any atom is -0.493 e. The van der Waals surface area contributed by atoms with Gasteiger partial charge in [-0.3, -0.25) is 4.79 Å². The highest BCUT2D eigenvalue weighted by Crippen LogP contribution is 2.34. The molecule has 148 valence electrons. The van der Waals surface area contributed by atoms with E-state index in [2.05, 4.69) is 20.6 Å². The lowest BCUT2D eigenvalue weighted by Crippen LogP contribution is -2.45. The van der Waals surface area contributed by atoms with Gasteiger partial charge in [-0.15, -0.1) is 0 Å². The van der Waals surface area contributed by atoms with Gasteiger partial charge >= 0.3 is 0 Å². The molecule has 28 heavy (non-hydrogen) atoms. The molecular weight excluding hydrogens is 361 g/mol. The first-order valence-electron chi connectivity index (χ1n) is 9.48. The van der Waals surface area contributed by atoms with Gasteiger partial charge in [0.15, 0.2) is 5.82 Å². The third kappa shape index (κ3) is 3.58. The second-order valence-electron chi connectivity index (χ2n) is 7.55. The number of halogens is 1. The zero-order valence-corrected chi connectivity index (χ0v) is 16.2. The third-order valence-corrected chi connectivity index (χ3v) is 5.48. The zero-order chi connectivity index (χ0) is 19.8. The summed E-state index contributed by atoms with van der Waals surface area (Å²) in [7, 11) is 1.87. The van der Waals surface area contributed by atoms with Gasteiger partial charge in [-0.05, 0) is 56.9 Å². The van der Waals surface area contributed by atoms with Gasteiger partial charge in [0, 0.05) is 13.1 Å². The number of hydrogen-bond donors (Lipinski definition) is 2. The maximum atomic E-state index is 12.9. The van der Waals surface area contributed by atoms with Crippen LogP contribution in [0.4, 0.5) is 21.8 Å². The SMILES string of the molecule is Cc1nc(N[C@H]2C[C@@H](COc3ccc(F)cc3)C2)nc2c1NC(=O)[C@H](C)N2C. The topological polar surface area (TPSA) is 79.4 Å². The van der Waals surface area contributed by atoms with E-state index < -0.39 is 0 Å². The molecule has 0 radical (unpaired) electrons. The first-order chi connectivity index (χ1) is 13.4. The number of carbonyl (C=O) groups is 1. The summed E-state index contributed by atoms with van der Waals surface area (Å²) in [4.78, 5) is 23.0. The van der Waals surface area contributed by atoms with Crippen molar-refractivity contribution < 1.29 is 13.9 Å². The molecule has 0 bridgehead atoms. The lowest BCUT2D eigenvalue weighted by atomic mass is 9.81. The van der Waals surface area contributed by atoms with E-state index >= 15 is 0 Å². The molecule has 0 saturated heterocycles. The molecule has 7 nitrogen and oxygen atoms in total. The van der Waals surface area contributed by atoms with Crippen LogP contribution in [0.3, 0.4) is 0 Å². The predicted molar refractivity (Wildman–Crippen MR) is 105 cm³/mol. The van der Waals surface area contributed by atoms with E-state index in [9.17, 15) is 9.18 Å². The monoisotopic (exact) mass is 385 g/mol. The average molecular weight is 385 g/mol. The van der Waals surface area contributed by atoms with Gasteiger partial charge < -0.3 is 20.3 Å². The third-order valence-electron chi connectivity index (χ3n) is 5.48. The quantitative estimate of drug-likeness (QED) is 0.824. The zero-order valence-electron chi connectivity index (χ0n) is 16.2. The van der Waals surface area contributed by atoms with Crippen molar-refractivity contribution in [1.82, 2.24) is 9.97 Å². The van der Waals surface area contributed by atoms with E-state index in [0.717, 1.165) is 24.4 Å². The first kappa shape index (κ1) is 18.5. The van der Waals surface area contributed by atoms with Gasteiger partial charge in [0.1, 0.15) is 23.3 Å². The van der Waals surface area contributed by atoms with Crippen LogP contribution in [0.1, 0.15) is 25.5 Å². The van der Waals surface area contributed by atoms with Gasteiger partial charge in [-0.1, -0.05) is 0 Å². The number of nitrogens with one attached hydrogen (secondary N) is 2. The van der Waals surface area contributed by atoms with E-state index in [4.69, 9.17) is 4.74 Å². The highest BCUT2D eigenvalue weighted by Gasteiger charge is 2.33. The Balaban J connectivity index is 1.33. The number of benzene rings is 1. The molecule has 2 aliphatic rings. The fourth-order valence-corrected chi connectivity index (χ4v) is 3.53. The number of anilines is 3. The Bertz CT molecular complexity index is 883. The number of fused-ring (bicyclic) bond motifs is 1. The molecule has 1 aromatic heterocycles. The maximum Gasteiger partial charge on any atom is 0.246 e.